The molecule has 5 nitrogen and oxygen atoms in total. The lowest BCUT2D eigenvalue weighted by atomic mass is 10.1. The van der Waals surface area contributed by atoms with Crippen LogP contribution in [0.3, 0.4) is 0 Å². The molecule has 2 atom stereocenters. The van der Waals surface area contributed by atoms with E-state index in [0.29, 0.717) is 10.9 Å². The monoisotopic (exact) mass is 306 g/mol. The Hall–Kier alpha value is -1.79. The van der Waals surface area contributed by atoms with Crippen molar-refractivity contribution in [2.45, 2.75) is 18.2 Å². The van der Waals surface area contributed by atoms with E-state index in [4.69, 9.17) is 0 Å². The number of amides is 1. The minimum absolute atomic E-state index is 0.0311. The Labute approximate surface area is 126 Å². The van der Waals surface area contributed by atoms with Crippen LogP contribution in [0.25, 0.3) is 10.9 Å². The fourth-order valence-corrected chi connectivity index (χ4v) is 2.78. The van der Waals surface area contributed by atoms with Crippen LogP contribution < -0.4 is 10.7 Å². The predicted octanol–water partition coefficient (Wildman–Crippen LogP) is 1.37. The van der Waals surface area contributed by atoms with Crippen molar-refractivity contribution >= 4 is 28.6 Å². The Kier molecular flexibility index (Phi) is 5.03. The van der Waals surface area contributed by atoms with Crippen LogP contribution in [-0.2, 0) is 0 Å². The number of aliphatic hydroxyl groups is 1. The number of aromatic nitrogens is 1. The Balaban J connectivity index is 2.28. The fourth-order valence-electron chi connectivity index (χ4n) is 2.15. The van der Waals surface area contributed by atoms with Crippen molar-refractivity contribution in [1.29, 1.82) is 0 Å². The van der Waals surface area contributed by atoms with Gasteiger partial charge in [-0.3, -0.25) is 9.59 Å². The van der Waals surface area contributed by atoms with Crippen LogP contribution in [0.5, 0.6) is 0 Å². The van der Waals surface area contributed by atoms with Gasteiger partial charge in [0.05, 0.1) is 6.61 Å². The van der Waals surface area contributed by atoms with Gasteiger partial charge in [0.2, 0.25) is 5.43 Å². The largest absolute Gasteiger partial charge is 0.395 e. The number of pyridine rings is 1. The molecular formula is C15H18N2O3S. The van der Waals surface area contributed by atoms with Crippen LogP contribution >= 0.6 is 11.8 Å². The van der Waals surface area contributed by atoms with E-state index in [1.54, 1.807) is 18.2 Å². The zero-order valence-electron chi connectivity index (χ0n) is 11.9. The first-order chi connectivity index (χ1) is 10.1. The minimum Gasteiger partial charge on any atom is -0.395 e. The average molecular weight is 306 g/mol. The van der Waals surface area contributed by atoms with Gasteiger partial charge in [-0.25, -0.2) is 0 Å². The minimum atomic E-state index is -0.429. The van der Waals surface area contributed by atoms with E-state index in [-0.39, 0.29) is 28.9 Å². The molecule has 6 heteroatoms. The molecule has 0 aliphatic rings. The summed E-state index contributed by atoms with van der Waals surface area (Å²) in [6, 6.07) is 6.83. The average Bonchev–Trinajstić information content (AvgIpc) is 2.49. The van der Waals surface area contributed by atoms with E-state index in [1.165, 1.54) is 18.0 Å². The van der Waals surface area contributed by atoms with Crippen LogP contribution in [0, 0.1) is 0 Å². The van der Waals surface area contributed by atoms with Gasteiger partial charge in [-0.1, -0.05) is 12.1 Å². The van der Waals surface area contributed by atoms with Crippen LogP contribution in [0.15, 0.2) is 35.3 Å². The lowest BCUT2D eigenvalue weighted by Crippen LogP contribution is -2.42. The van der Waals surface area contributed by atoms with E-state index in [2.05, 4.69) is 10.3 Å². The topological polar surface area (TPSA) is 82.2 Å². The number of rotatable bonds is 5. The third-order valence-corrected chi connectivity index (χ3v) is 4.59. The second kappa shape index (κ2) is 6.78. The zero-order valence-corrected chi connectivity index (χ0v) is 12.7. The van der Waals surface area contributed by atoms with Gasteiger partial charge < -0.3 is 15.4 Å². The van der Waals surface area contributed by atoms with Gasteiger partial charge >= 0.3 is 0 Å². The number of carbonyl (C=O) groups excluding carboxylic acids is 1. The van der Waals surface area contributed by atoms with Crippen LogP contribution in [0.2, 0.25) is 0 Å². The van der Waals surface area contributed by atoms with Crippen molar-refractivity contribution in [2.24, 2.45) is 0 Å². The third kappa shape index (κ3) is 3.28. The summed E-state index contributed by atoms with van der Waals surface area (Å²) in [6.45, 7) is 1.78. The molecule has 0 fully saturated rings. The smallest absolute Gasteiger partial charge is 0.257 e. The summed E-state index contributed by atoms with van der Waals surface area (Å²) in [6.07, 6.45) is 3.30. The Morgan fingerprint density at radius 1 is 1.43 bits per heavy atom. The highest BCUT2D eigenvalue weighted by Crippen LogP contribution is 2.11. The number of thioether (sulfide) groups is 1. The molecule has 0 aliphatic carbocycles. The summed E-state index contributed by atoms with van der Waals surface area (Å²) in [7, 11) is 0. The number of H-pyrrole nitrogens is 1. The standard InChI is InChI=1S/C15H18N2O3S/c1-9(13(8-18)21-2)17-15(20)11-7-16-12-6-4-3-5-10(12)14(11)19/h3-7,9,13,18H,8H2,1-2H3,(H,16,19)(H,17,20). The quantitative estimate of drug-likeness (QED) is 0.779. The first kappa shape index (κ1) is 15.6. The molecule has 0 radical (unpaired) electrons. The predicted molar refractivity (Wildman–Crippen MR) is 85.9 cm³/mol. The summed E-state index contributed by atoms with van der Waals surface area (Å²) >= 11 is 1.47. The molecule has 2 rings (SSSR count). The molecule has 2 aromatic rings. The number of aliphatic hydroxyl groups excluding tert-OH is 1. The molecule has 0 bridgehead atoms. The number of hydrogen-bond donors (Lipinski definition) is 3. The van der Waals surface area contributed by atoms with Crippen molar-refractivity contribution in [3.05, 3.63) is 46.2 Å². The Bertz CT molecular complexity index is 695. The maximum Gasteiger partial charge on any atom is 0.257 e. The second-order valence-corrected chi connectivity index (χ2v) is 5.87. The number of nitrogens with one attached hydrogen (secondary N) is 2. The molecule has 21 heavy (non-hydrogen) atoms. The number of para-hydroxylation sites is 1. The van der Waals surface area contributed by atoms with Crippen LogP contribution in [0.4, 0.5) is 0 Å². The maximum atomic E-state index is 12.3. The molecule has 0 saturated carbocycles. The van der Waals surface area contributed by atoms with Gasteiger partial charge in [-0.15, -0.1) is 0 Å². The van der Waals surface area contributed by atoms with E-state index in [0.717, 1.165) is 0 Å². The van der Waals surface area contributed by atoms with Gasteiger partial charge in [-0.05, 0) is 25.3 Å². The van der Waals surface area contributed by atoms with Crippen molar-refractivity contribution in [3.63, 3.8) is 0 Å². The summed E-state index contributed by atoms with van der Waals surface area (Å²) in [4.78, 5) is 27.5. The van der Waals surface area contributed by atoms with E-state index in [9.17, 15) is 14.7 Å². The molecule has 2 unspecified atom stereocenters. The molecular weight excluding hydrogens is 288 g/mol. The number of benzene rings is 1. The SMILES string of the molecule is CSC(CO)C(C)NC(=O)c1c[nH]c2ccccc2c1=O. The summed E-state index contributed by atoms with van der Waals surface area (Å²) in [5.41, 5.74) is 0.488. The molecule has 0 spiro atoms. The number of carbonyl (C=O) groups is 1. The normalized spacial score (nSPS) is 13.9. The molecule has 1 aromatic heterocycles. The molecule has 1 heterocycles. The van der Waals surface area contributed by atoms with Crippen LogP contribution in [0.1, 0.15) is 17.3 Å². The molecule has 1 aromatic carbocycles. The first-order valence-corrected chi connectivity index (χ1v) is 7.92. The van der Waals surface area contributed by atoms with Crippen molar-refractivity contribution in [3.8, 4) is 0 Å². The van der Waals surface area contributed by atoms with E-state index < -0.39 is 5.91 Å². The highest BCUT2D eigenvalue weighted by molar-refractivity contribution is 7.99. The first-order valence-electron chi connectivity index (χ1n) is 6.63. The van der Waals surface area contributed by atoms with Gasteiger partial charge in [-0.2, -0.15) is 11.8 Å². The highest BCUT2D eigenvalue weighted by Gasteiger charge is 2.20. The number of aromatic amines is 1. The maximum absolute atomic E-state index is 12.3. The lowest BCUT2D eigenvalue weighted by molar-refractivity contribution is 0.0934. The highest BCUT2D eigenvalue weighted by atomic mass is 32.2. The van der Waals surface area contributed by atoms with Crippen LogP contribution in [-0.4, -0.2) is 40.2 Å². The van der Waals surface area contributed by atoms with E-state index >= 15 is 0 Å². The molecule has 1 amide bonds. The molecule has 3 N–H and O–H groups in total. The Morgan fingerprint density at radius 3 is 2.81 bits per heavy atom. The summed E-state index contributed by atoms with van der Waals surface area (Å²) < 4.78 is 0. The van der Waals surface area contributed by atoms with Crippen molar-refractivity contribution in [1.82, 2.24) is 10.3 Å². The fraction of sp³-hybridized carbons (Fsp3) is 0.333. The van der Waals surface area contributed by atoms with E-state index in [1.807, 2.05) is 19.2 Å². The van der Waals surface area contributed by atoms with Gasteiger partial charge in [0.1, 0.15) is 5.56 Å². The van der Waals surface area contributed by atoms with Gasteiger partial charge in [0, 0.05) is 28.4 Å². The second-order valence-electron chi connectivity index (χ2n) is 4.80. The van der Waals surface area contributed by atoms with Crippen molar-refractivity contribution < 1.29 is 9.90 Å². The number of hydrogen-bond acceptors (Lipinski definition) is 4. The third-order valence-electron chi connectivity index (χ3n) is 3.43. The molecule has 0 saturated heterocycles. The zero-order chi connectivity index (χ0) is 15.4. The Morgan fingerprint density at radius 2 is 2.14 bits per heavy atom. The summed E-state index contributed by atoms with van der Waals surface area (Å²) in [5.74, 6) is -0.429. The molecule has 112 valence electrons. The lowest BCUT2D eigenvalue weighted by Gasteiger charge is -2.21. The molecule has 0 aliphatic heterocycles. The van der Waals surface area contributed by atoms with Gasteiger partial charge in [0.15, 0.2) is 0 Å². The van der Waals surface area contributed by atoms with Crippen molar-refractivity contribution in [2.75, 3.05) is 12.9 Å². The summed E-state index contributed by atoms with van der Waals surface area (Å²) in [5, 5.41) is 12.4. The van der Waals surface area contributed by atoms with Gasteiger partial charge in [0.25, 0.3) is 5.91 Å². The number of fused-ring (bicyclic) bond motifs is 1.